The van der Waals surface area contributed by atoms with E-state index in [0.717, 1.165) is 0 Å². The normalized spacial score (nSPS) is 19.2. The van der Waals surface area contributed by atoms with Crippen LogP contribution in [0.2, 0.25) is 0 Å². The highest BCUT2D eigenvalue weighted by Gasteiger charge is 2.42. The smallest absolute Gasteiger partial charge is 0.465 e. The van der Waals surface area contributed by atoms with E-state index in [0.29, 0.717) is 24.2 Å². The summed E-state index contributed by atoms with van der Waals surface area (Å²) in [5.74, 6) is -0.403. The molecule has 29 heavy (non-hydrogen) atoms. The fraction of sp³-hybridized carbons (Fsp3) is 0.765. The largest absolute Gasteiger partial charge is 0.508 e. The zero-order chi connectivity index (χ0) is 21.9. The van der Waals surface area contributed by atoms with Gasteiger partial charge < -0.3 is 28.4 Å². The lowest BCUT2D eigenvalue weighted by molar-refractivity contribution is -0.166. The first-order valence-electron chi connectivity index (χ1n) is 8.72. The molecule has 2 fully saturated rings. The molecule has 166 valence electrons. The van der Waals surface area contributed by atoms with E-state index in [1.165, 1.54) is 0 Å². The van der Waals surface area contributed by atoms with Gasteiger partial charge in [-0.2, -0.15) is 0 Å². The zero-order valence-electron chi connectivity index (χ0n) is 16.2. The van der Waals surface area contributed by atoms with Crippen LogP contribution in [-0.4, -0.2) is 75.1 Å². The van der Waals surface area contributed by atoms with Gasteiger partial charge in [0.05, 0.1) is 6.61 Å². The van der Waals surface area contributed by atoms with E-state index in [4.69, 9.17) is 21.1 Å². The van der Waals surface area contributed by atoms with Crippen LogP contribution in [-0.2, 0) is 38.0 Å². The Labute approximate surface area is 181 Å². The molecule has 2 rings (SSSR count). The van der Waals surface area contributed by atoms with Gasteiger partial charge in [0.25, 0.3) is 0 Å². The van der Waals surface area contributed by atoms with E-state index in [1.54, 1.807) is 13.8 Å². The number of halogens is 2. The van der Waals surface area contributed by atoms with E-state index in [9.17, 15) is 19.2 Å². The number of alkyl halides is 2. The Hall–Kier alpha value is -1.75. The lowest BCUT2D eigenvalue weighted by Gasteiger charge is -2.29. The third-order valence-electron chi connectivity index (χ3n) is 3.84. The number of esters is 2. The van der Waals surface area contributed by atoms with Crippen molar-refractivity contribution < 1.29 is 47.6 Å². The quantitative estimate of drug-likeness (QED) is 0.221. The molecule has 0 aromatic rings. The molecule has 0 amide bonds. The Morgan fingerprint density at radius 2 is 1.28 bits per heavy atom. The van der Waals surface area contributed by atoms with Gasteiger partial charge >= 0.3 is 24.2 Å². The predicted octanol–water partition coefficient (Wildman–Crippen LogP) is 2.43. The Kier molecular flexibility index (Phi) is 10.5. The molecule has 0 atom stereocenters. The molecule has 2 aliphatic heterocycles. The van der Waals surface area contributed by atoms with Crippen LogP contribution in [0.1, 0.15) is 20.3 Å². The van der Waals surface area contributed by atoms with Crippen LogP contribution in [0.3, 0.4) is 0 Å². The van der Waals surface area contributed by atoms with Crippen LogP contribution in [0, 0.1) is 10.8 Å². The number of hydrogen-bond acceptors (Lipinski definition) is 10. The van der Waals surface area contributed by atoms with Crippen molar-refractivity contribution in [3.8, 4) is 0 Å². The van der Waals surface area contributed by atoms with Crippen LogP contribution in [0.4, 0.5) is 9.59 Å². The SMILES string of the molecule is CC1(C(=O)OCCBr)COC(=O)OC1.CC1(C(=O)OCCCCl)COC(=O)OC1. The predicted molar refractivity (Wildman–Crippen MR) is 102 cm³/mol. The maximum Gasteiger partial charge on any atom is 0.508 e. The second-order valence-electron chi connectivity index (χ2n) is 6.78. The van der Waals surface area contributed by atoms with Gasteiger partial charge in [-0.3, -0.25) is 9.59 Å². The van der Waals surface area contributed by atoms with E-state index >= 15 is 0 Å². The number of ether oxygens (including phenoxy) is 6. The second-order valence-corrected chi connectivity index (χ2v) is 7.95. The minimum atomic E-state index is -0.903. The van der Waals surface area contributed by atoms with Crippen LogP contribution in [0.5, 0.6) is 0 Å². The lowest BCUT2D eigenvalue weighted by Crippen LogP contribution is -2.44. The Morgan fingerprint density at radius 1 is 0.897 bits per heavy atom. The van der Waals surface area contributed by atoms with Gasteiger partial charge in [0, 0.05) is 11.2 Å². The van der Waals surface area contributed by atoms with Crippen molar-refractivity contribution in [2.24, 2.45) is 10.8 Å². The van der Waals surface area contributed by atoms with E-state index in [-0.39, 0.29) is 33.0 Å². The van der Waals surface area contributed by atoms with Crippen LogP contribution >= 0.6 is 27.5 Å². The summed E-state index contributed by atoms with van der Waals surface area (Å²) >= 11 is 8.57. The van der Waals surface area contributed by atoms with Crippen LogP contribution in [0.25, 0.3) is 0 Å². The fourth-order valence-electron chi connectivity index (χ4n) is 1.97. The lowest BCUT2D eigenvalue weighted by atomic mass is 9.93. The van der Waals surface area contributed by atoms with Crippen molar-refractivity contribution in [1.29, 1.82) is 0 Å². The molecule has 0 unspecified atom stereocenters. The van der Waals surface area contributed by atoms with Crippen molar-refractivity contribution in [2.75, 3.05) is 50.9 Å². The molecule has 0 saturated carbocycles. The van der Waals surface area contributed by atoms with E-state index in [1.807, 2.05) is 0 Å². The summed E-state index contributed by atoms with van der Waals surface area (Å²) in [7, 11) is 0. The number of carbonyl (C=O) groups is 4. The molecule has 0 aliphatic carbocycles. The Balaban J connectivity index is 0.000000291. The molecular weight excluding hydrogens is 480 g/mol. The molecule has 2 saturated heterocycles. The Morgan fingerprint density at radius 3 is 1.62 bits per heavy atom. The Bertz CT molecular complexity index is 577. The number of hydrogen-bond donors (Lipinski definition) is 0. The fourth-order valence-corrected chi connectivity index (χ4v) is 2.25. The number of carbonyl (C=O) groups excluding carboxylic acids is 4. The first-order valence-corrected chi connectivity index (χ1v) is 10.4. The first kappa shape index (κ1) is 25.3. The van der Waals surface area contributed by atoms with Gasteiger partial charge in [0.15, 0.2) is 0 Å². The summed E-state index contributed by atoms with van der Waals surface area (Å²) in [6.07, 6.45) is -0.888. The maximum atomic E-state index is 11.6. The van der Waals surface area contributed by atoms with Crippen molar-refractivity contribution in [3.63, 3.8) is 0 Å². The second kappa shape index (κ2) is 12.1. The minimum Gasteiger partial charge on any atom is -0.465 e. The average molecular weight is 504 g/mol. The van der Waals surface area contributed by atoms with Crippen LogP contribution in [0.15, 0.2) is 0 Å². The summed E-state index contributed by atoms with van der Waals surface area (Å²) in [6.45, 7) is 3.82. The maximum absolute atomic E-state index is 11.6. The van der Waals surface area contributed by atoms with Gasteiger partial charge in [-0.15, -0.1) is 11.6 Å². The monoisotopic (exact) mass is 502 g/mol. The summed E-state index contributed by atoms with van der Waals surface area (Å²) in [6, 6.07) is 0. The molecule has 0 N–H and O–H groups in total. The zero-order valence-corrected chi connectivity index (χ0v) is 18.5. The van der Waals surface area contributed by atoms with Gasteiger partial charge in [-0.1, -0.05) is 15.9 Å². The molecule has 0 aromatic heterocycles. The molecule has 12 heteroatoms. The molecule has 0 radical (unpaired) electrons. The first-order chi connectivity index (χ1) is 13.7. The summed E-state index contributed by atoms with van der Waals surface area (Å²) in [5, 5.41) is 0.579. The summed E-state index contributed by atoms with van der Waals surface area (Å²) in [5.41, 5.74) is -1.78. The van der Waals surface area contributed by atoms with Gasteiger partial charge in [0.1, 0.15) is 43.9 Å². The molecule has 0 aromatic carbocycles. The third-order valence-corrected chi connectivity index (χ3v) is 4.43. The topological polar surface area (TPSA) is 124 Å². The van der Waals surface area contributed by atoms with E-state index < -0.39 is 35.1 Å². The standard InChI is InChI=1S/C9H13ClO5.C8H11BrO5/c1-9(5-14-8(12)15-6-9)7(11)13-4-2-3-10;1-8(6(10)12-3-2-9)4-13-7(11)14-5-8/h2-6H2,1H3;2-5H2,1H3. The molecular formula is C17H24BrClO10. The number of rotatable bonds is 7. The number of cyclic esters (lactones) is 4. The minimum absolute atomic E-state index is 0.00690. The molecule has 2 heterocycles. The van der Waals surface area contributed by atoms with Crippen molar-refractivity contribution in [2.45, 2.75) is 20.3 Å². The highest BCUT2D eigenvalue weighted by atomic mass is 79.9. The van der Waals surface area contributed by atoms with Gasteiger partial charge in [0.2, 0.25) is 0 Å². The highest BCUT2D eigenvalue weighted by molar-refractivity contribution is 9.09. The molecule has 10 nitrogen and oxygen atoms in total. The molecule has 2 aliphatic rings. The van der Waals surface area contributed by atoms with Crippen LogP contribution < -0.4 is 0 Å². The van der Waals surface area contributed by atoms with Gasteiger partial charge in [-0.25, -0.2) is 9.59 Å². The summed E-state index contributed by atoms with van der Waals surface area (Å²) in [4.78, 5) is 44.2. The van der Waals surface area contributed by atoms with Gasteiger partial charge in [-0.05, 0) is 20.3 Å². The van der Waals surface area contributed by atoms with Crippen molar-refractivity contribution in [1.82, 2.24) is 0 Å². The van der Waals surface area contributed by atoms with Crippen molar-refractivity contribution >= 4 is 51.8 Å². The molecule has 0 bridgehead atoms. The average Bonchev–Trinajstić information content (AvgIpc) is 2.71. The van der Waals surface area contributed by atoms with Crippen molar-refractivity contribution in [3.05, 3.63) is 0 Å². The third kappa shape index (κ3) is 8.25. The van der Waals surface area contributed by atoms with E-state index in [2.05, 4.69) is 34.9 Å². The summed E-state index contributed by atoms with van der Waals surface area (Å²) < 4.78 is 28.4. The highest BCUT2D eigenvalue weighted by Crippen LogP contribution is 2.24. The molecule has 0 spiro atoms.